The number of carbonyl (C=O) groups excluding carboxylic acids is 1. The third kappa shape index (κ3) is 4.53. The van der Waals surface area contributed by atoms with E-state index in [9.17, 15) is 4.79 Å². The maximum atomic E-state index is 12.8. The van der Waals surface area contributed by atoms with Gasteiger partial charge in [0.05, 0.1) is 6.61 Å². The number of rotatable bonds is 5. The Kier molecular flexibility index (Phi) is 6.32. The minimum atomic E-state index is 0.156. The Morgan fingerprint density at radius 1 is 1.12 bits per heavy atom. The molecule has 2 heterocycles. The molecule has 0 radical (unpaired) electrons. The van der Waals surface area contributed by atoms with Crippen molar-refractivity contribution in [3.63, 3.8) is 0 Å². The number of hydrogen-bond donors (Lipinski definition) is 0. The fraction of sp³-hybridized carbons (Fsp3) is 0.650. The molecule has 2 aliphatic heterocycles. The van der Waals surface area contributed by atoms with Crippen LogP contribution in [0, 0.1) is 5.92 Å². The molecule has 2 saturated heterocycles. The van der Waals surface area contributed by atoms with Crippen LogP contribution in [0.2, 0.25) is 0 Å². The highest BCUT2D eigenvalue weighted by Gasteiger charge is 2.24. The van der Waals surface area contributed by atoms with E-state index < -0.39 is 0 Å². The van der Waals surface area contributed by atoms with Crippen molar-refractivity contribution in [3.05, 3.63) is 29.8 Å². The first-order valence-electron chi connectivity index (χ1n) is 9.57. The summed E-state index contributed by atoms with van der Waals surface area (Å²) in [6, 6.07) is 8.18. The molecule has 138 valence electrons. The Balaban J connectivity index is 1.59. The molecule has 25 heavy (non-hydrogen) atoms. The van der Waals surface area contributed by atoms with Crippen molar-refractivity contribution < 1.29 is 9.53 Å². The number of benzene rings is 1. The predicted octanol–water partition coefficient (Wildman–Crippen LogP) is 2.33. The summed E-state index contributed by atoms with van der Waals surface area (Å²) >= 11 is 0. The van der Waals surface area contributed by atoms with Crippen LogP contribution in [-0.4, -0.2) is 75.2 Å². The van der Waals surface area contributed by atoms with E-state index >= 15 is 0 Å². The van der Waals surface area contributed by atoms with E-state index in [2.05, 4.69) is 28.9 Å². The number of carbonyl (C=O) groups is 1. The van der Waals surface area contributed by atoms with Gasteiger partial charge in [0.15, 0.2) is 0 Å². The largest absolute Gasteiger partial charge is 0.384 e. The number of anilines is 1. The highest BCUT2D eigenvalue weighted by molar-refractivity contribution is 5.94. The van der Waals surface area contributed by atoms with Crippen LogP contribution in [0.5, 0.6) is 0 Å². The normalized spacial score (nSPS) is 22.2. The zero-order chi connectivity index (χ0) is 17.6. The average molecular weight is 345 g/mol. The Morgan fingerprint density at radius 2 is 1.84 bits per heavy atom. The maximum Gasteiger partial charge on any atom is 0.253 e. The van der Waals surface area contributed by atoms with Gasteiger partial charge in [-0.3, -0.25) is 4.79 Å². The summed E-state index contributed by atoms with van der Waals surface area (Å²) in [7, 11) is 1.74. The van der Waals surface area contributed by atoms with Crippen LogP contribution in [0.4, 0.5) is 5.69 Å². The fourth-order valence-corrected chi connectivity index (χ4v) is 3.94. The van der Waals surface area contributed by atoms with E-state index in [4.69, 9.17) is 4.74 Å². The van der Waals surface area contributed by atoms with E-state index in [0.29, 0.717) is 5.92 Å². The van der Waals surface area contributed by atoms with Crippen LogP contribution < -0.4 is 4.90 Å². The number of piperazine rings is 1. The van der Waals surface area contributed by atoms with Gasteiger partial charge in [-0.05, 0) is 49.6 Å². The number of nitrogens with zero attached hydrogens (tertiary/aromatic N) is 3. The Hall–Kier alpha value is -1.59. The number of ether oxygens (including phenoxy) is 1. The van der Waals surface area contributed by atoms with Crippen molar-refractivity contribution in [1.82, 2.24) is 9.80 Å². The smallest absolute Gasteiger partial charge is 0.253 e. The zero-order valence-corrected chi connectivity index (χ0v) is 15.6. The van der Waals surface area contributed by atoms with Gasteiger partial charge in [-0.1, -0.05) is 6.92 Å². The molecule has 0 aromatic heterocycles. The van der Waals surface area contributed by atoms with Gasteiger partial charge in [-0.25, -0.2) is 0 Å². The van der Waals surface area contributed by atoms with Gasteiger partial charge in [-0.2, -0.15) is 0 Å². The summed E-state index contributed by atoms with van der Waals surface area (Å²) in [6.07, 6.45) is 2.22. The second-order valence-corrected chi connectivity index (χ2v) is 7.18. The second-order valence-electron chi connectivity index (χ2n) is 7.18. The summed E-state index contributed by atoms with van der Waals surface area (Å²) in [5.74, 6) is 0.625. The molecule has 1 atom stereocenters. The number of piperidine rings is 1. The Bertz CT molecular complexity index is 551. The first kappa shape index (κ1) is 18.2. The first-order chi connectivity index (χ1) is 12.2. The van der Waals surface area contributed by atoms with Gasteiger partial charge in [0.1, 0.15) is 0 Å². The summed E-state index contributed by atoms with van der Waals surface area (Å²) < 4.78 is 5.27. The summed E-state index contributed by atoms with van der Waals surface area (Å²) in [4.78, 5) is 19.7. The van der Waals surface area contributed by atoms with Gasteiger partial charge < -0.3 is 19.4 Å². The van der Waals surface area contributed by atoms with Crippen LogP contribution >= 0.6 is 0 Å². The van der Waals surface area contributed by atoms with Crippen molar-refractivity contribution in [3.8, 4) is 0 Å². The van der Waals surface area contributed by atoms with Crippen molar-refractivity contribution in [2.24, 2.45) is 5.92 Å². The van der Waals surface area contributed by atoms with Crippen LogP contribution in [-0.2, 0) is 4.74 Å². The van der Waals surface area contributed by atoms with Crippen molar-refractivity contribution in [2.45, 2.75) is 19.8 Å². The molecule has 2 fully saturated rings. The highest BCUT2D eigenvalue weighted by Crippen LogP contribution is 2.21. The quantitative estimate of drug-likeness (QED) is 0.821. The molecule has 0 N–H and O–H groups in total. The highest BCUT2D eigenvalue weighted by atomic mass is 16.5. The molecule has 5 nitrogen and oxygen atoms in total. The molecule has 1 amide bonds. The van der Waals surface area contributed by atoms with Gasteiger partial charge in [-0.15, -0.1) is 0 Å². The minimum Gasteiger partial charge on any atom is -0.384 e. The molecule has 5 heteroatoms. The monoisotopic (exact) mass is 345 g/mol. The van der Waals surface area contributed by atoms with Gasteiger partial charge in [0, 0.05) is 57.6 Å². The number of hydrogen-bond acceptors (Lipinski definition) is 4. The summed E-state index contributed by atoms with van der Waals surface area (Å²) in [6.45, 7) is 10.1. The van der Waals surface area contributed by atoms with Crippen LogP contribution in [0.3, 0.4) is 0 Å². The van der Waals surface area contributed by atoms with Crippen molar-refractivity contribution >= 4 is 11.6 Å². The van der Waals surface area contributed by atoms with Gasteiger partial charge in [0.25, 0.3) is 5.91 Å². The van der Waals surface area contributed by atoms with E-state index in [0.717, 1.165) is 70.8 Å². The van der Waals surface area contributed by atoms with Gasteiger partial charge in [0.2, 0.25) is 0 Å². The second kappa shape index (κ2) is 8.68. The van der Waals surface area contributed by atoms with Crippen LogP contribution in [0.15, 0.2) is 24.3 Å². The van der Waals surface area contributed by atoms with Crippen LogP contribution in [0.25, 0.3) is 0 Å². The number of methoxy groups -OCH3 is 1. The zero-order valence-electron chi connectivity index (χ0n) is 15.6. The lowest BCUT2D eigenvalue weighted by molar-refractivity contribution is 0.0571. The molecular formula is C20H31N3O2. The average Bonchev–Trinajstić information content (AvgIpc) is 2.68. The molecular weight excluding hydrogens is 314 g/mol. The van der Waals surface area contributed by atoms with Crippen LogP contribution in [0.1, 0.15) is 30.1 Å². The number of amides is 1. The minimum absolute atomic E-state index is 0.156. The molecule has 1 unspecified atom stereocenters. The van der Waals surface area contributed by atoms with E-state index in [1.54, 1.807) is 7.11 Å². The van der Waals surface area contributed by atoms with Gasteiger partial charge >= 0.3 is 0 Å². The first-order valence-corrected chi connectivity index (χ1v) is 9.57. The molecule has 0 saturated carbocycles. The standard InChI is InChI=1S/C20H31N3O2/c1-3-21-11-13-22(14-12-21)19-8-6-18(7-9-19)20(24)23-10-4-5-17(15-23)16-25-2/h6-9,17H,3-5,10-16H2,1-2H3. The topological polar surface area (TPSA) is 36.0 Å². The predicted molar refractivity (Wildman–Crippen MR) is 101 cm³/mol. The molecule has 1 aromatic carbocycles. The lowest BCUT2D eigenvalue weighted by Gasteiger charge is -2.35. The molecule has 0 bridgehead atoms. The third-order valence-electron chi connectivity index (χ3n) is 5.51. The number of likely N-dealkylation sites (tertiary alicyclic amines) is 1. The fourth-order valence-electron chi connectivity index (χ4n) is 3.94. The lowest BCUT2D eigenvalue weighted by Crippen LogP contribution is -2.46. The van der Waals surface area contributed by atoms with Crippen molar-refractivity contribution in [2.75, 3.05) is 64.4 Å². The Morgan fingerprint density at radius 3 is 2.48 bits per heavy atom. The molecule has 0 aliphatic carbocycles. The molecule has 2 aliphatic rings. The third-order valence-corrected chi connectivity index (χ3v) is 5.51. The SMILES string of the molecule is CCN1CCN(c2ccc(C(=O)N3CCCC(COC)C3)cc2)CC1. The van der Waals surface area contributed by atoms with E-state index in [1.165, 1.54) is 5.69 Å². The molecule has 3 rings (SSSR count). The van der Waals surface area contributed by atoms with E-state index in [1.807, 2.05) is 17.0 Å². The summed E-state index contributed by atoms with van der Waals surface area (Å²) in [5.41, 5.74) is 2.03. The van der Waals surface area contributed by atoms with E-state index in [-0.39, 0.29) is 5.91 Å². The molecule has 0 spiro atoms. The van der Waals surface area contributed by atoms with Crippen molar-refractivity contribution in [1.29, 1.82) is 0 Å². The summed E-state index contributed by atoms with van der Waals surface area (Å²) in [5, 5.41) is 0. The maximum absolute atomic E-state index is 12.8. The Labute approximate surface area is 151 Å². The number of likely N-dealkylation sites (N-methyl/N-ethyl adjacent to an activating group) is 1. The lowest BCUT2D eigenvalue weighted by atomic mass is 9.98. The molecule has 1 aromatic rings.